The van der Waals surface area contributed by atoms with E-state index >= 15 is 0 Å². The normalized spacial score (nSPS) is 19.4. The highest BCUT2D eigenvalue weighted by Gasteiger charge is 2.42. The molecule has 0 N–H and O–H groups in total. The summed E-state index contributed by atoms with van der Waals surface area (Å²) in [6, 6.07) is 6.31. The fraction of sp³-hybridized carbons (Fsp3) is 0.500. The van der Waals surface area contributed by atoms with Crippen LogP contribution in [0, 0.1) is 5.92 Å². The van der Waals surface area contributed by atoms with Crippen LogP contribution in [-0.2, 0) is 10.9 Å². The van der Waals surface area contributed by atoms with Crippen LogP contribution in [0.1, 0.15) is 55.5 Å². The number of benzene rings is 2. The smallest absolute Gasteiger partial charge is 0.420 e. The van der Waals surface area contributed by atoms with Gasteiger partial charge in [-0.3, -0.25) is 0 Å². The zero-order chi connectivity index (χ0) is 23.4. The Hall–Kier alpha value is -2.45. The summed E-state index contributed by atoms with van der Waals surface area (Å²) >= 11 is 0. The van der Waals surface area contributed by atoms with Crippen LogP contribution in [0.15, 0.2) is 30.3 Å². The average molecular weight is 450 g/mol. The van der Waals surface area contributed by atoms with Crippen molar-refractivity contribution < 1.29 is 40.6 Å². The molecule has 0 aromatic heterocycles. The summed E-state index contributed by atoms with van der Waals surface area (Å²) in [5.74, 6) is -2.69. The Labute approximate surface area is 176 Å². The number of rotatable bonds is 3. The molecule has 0 heterocycles. The second kappa shape index (κ2) is 9.78. The fourth-order valence-electron chi connectivity index (χ4n) is 3.70. The van der Waals surface area contributed by atoms with Gasteiger partial charge in [0.05, 0.1) is 24.7 Å². The Bertz CT molecular complexity index is 896. The van der Waals surface area contributed by atoms with Crippen LogP contribution in [0.5, 0.6) is 5.75 Å². The first kappa shape index (κ1) is 24.8. The molecule has 0 bridgehead atoms. The summed E-state index contributed by atoms with van der Waals surface area (Å²) in [6.45, 7) is 4.00. The SMILES string of the molecule is CC.COC(=O)c1cccc2c(C(F)(F)F)c(OC3CCC(C(F)(F)F)CC3)ccc12. The van der Waals surface area contributed by atoms with Crippen LogP contribution in [0.2, 0.25) is 0 Å². The van der Waals surface area contributed by atoms with Gasteiger partial charge in [-0.15, -0.1) is 0 Å². The Morgan fingerprint density at radius 2 is 1.52 bits per heavy atom. The lowest BCUT2D eigenvalue weighted by atomic mass is 9.87. The molecule has 3 rings (SSSR count). The summed E-state index contributed by atoms with van der Waals surface area (Å²) in [4.78, 5) is 11.9. The summed E-state index contributed by atoms with van der Waals surface area (Å²) in [6.07, 6.45) is -10.2. The monoisotopic (exact) mass is 450 g/mol. The third kappa shape index (κ3) is 5.62. The predicted octanol–water partition coefficient (Wildman–Crippen LogP) is 7.17. The predicted molar refractivity (Wildman–Crippen MR) is 104 cm³/mol. The van der Waals surface area contributed by atoms with Crippen LogP contribution in [0.3, 0.4) is 0 Å². The molecule has 1 aliphatic carbocycles. The van der Waals surface area contributed by atoms with Crippen molar-refractivity contribution in [2.75, 3.05) is 7.11 Å². The summed E-state index contributed by atoms with van der Waals surface area (Å²) in [7, 11) is 1.13. The van der Waals surface area contributed by atoms with E-state index in [0.717, 1.165) is 13.2 Å². The van der Waals surface area contributed by atoms with Gasteiger partial charge in [-0.25, -0.2) is 4.79 Å². The maximum absolute atomic E-state index is 13.8. The van der Waals surface area contributed by atoms with Crippen molar-refractivity contribution >= 4 is 16.7 Å². The van der Waals surface area contributed by atoms with Crippen LogP contribution in [0.25, 0.3) is 10.8 Å². The molecule has 2 aromatic carbocycles. The highest BCUT2D eigenvalue weighted by Crippen LogP contribution is 2.44. The number of fused-ring (bicyclic) bond motifs is 1. The molecule has 0 spiro atoms. The van der Waals surface area contributed by atoms with Crippen molar-refractivity contribution in [2.45, 2.75) is 58.0 Å². The molecule has 2 aromatic rings. The molecular weight excluding hydrogens is 426 g/mol. The van der Waals surface area contributed by atoms with E-state index in [1.165, 1.54) is 24.3 Å². The van der Waals surface area contributed by atoms with Crippen LogP contribution >= 0.6 is 0 Å². The molecular formula is C22H24F6O3. The first-order valence-electron chi connectivity index (χ1n) is 9.97. The van der Waals surface area contributed by atoms with Crippen LogP contribution < -0.4 is 4.74 Å². The lowest BCUT2D eigenvalue weighted by molar-refractivity contribution is -0.185. The largest absolute Gasteiger partial charge is 0.490 e. The molecule has 0 amide bonds. The first-order valence-corrected chi connectivity index (χ1v) is 9.97. The van der Waals surface area contributed by atoms with E-state index in [-0.39, 0.29) is 42.0 Å². The van der Waals surface area contributed by atoms with Gasteiger partial charge >= 0.3 is 18.3 Å². The number of halogens is 6. The second-order valence-electron chi connectivity index (χ2n) is 6.96. The fourth-order valence-corrected chi connectivity index (χ4v) is 3.70. The van der Waals surface area contributed by atoms with E-state index in [4.69, 9.17) is 4.74 Å². The minimum absolute atomic E-state index is 0.0156. The standard InChI is InChI=1S/C20H18F6O3.C2H6/c1-28-18(27)15-4-2-3-14-13(15)9-10-16(17(14)20(24,25)26)29-12-7-5-11(6-8-12)19(21,22)23;1-2/h2-4,9-12H,5-8H2,1H3;1-2H3. The summed E-state index contributed by atoms with van der Waals surface area (Å²) in [5.41, 5.74) is -1.08. The van der Waals surface area contributed by atoms with Crippen molar-refractivity contribution in [3.63, 3.8) is 0 Å². The highest BCUT2D eigenvalue weighted by atomic mass is 19.4. The quantitative estimate of drug-likeness (QED) is 0.367. The van der Waals surface area contributed by atoms with E-state index in [2.05, 4.69) is 4.74 Å². The second-order valence-corrected chi connectivity index (χ2v) is 6.96. The van der Waals surface area contributed by atoms with E-state index in [9.17, 15) is 31.1 Å². The number of alkyl halides is 6. The lowest BCUT2D eigenvalue weighted by Crippen LogP contribution is -2.32. The van der Waals surface area contributed by atoms with E-state index in [0.29, 0.717) is 0 Å². The minimum Gasteiger partial charge on any atom is -0.490 e. The Kier molecular flexibility index (Phi) is 7.83. The Morgan fingerprint density at radius 3 is 2.03 bits per heavy atom. The van der Waals surface area contributed by atoms with E-state index < -0.39 is 41.7 Å². The molecule has 1 aliphatic rings. The van der Waals surface area contributed by atoms with Gasteiger partial charge in [0.15, 0.2) is 0 Å². The maximum atomic E-state index is 13.8. The van der Waals surface area contributed by atoms with Gasteiger partial charge in [0.1, 0.15) is 11.3 Å². The van der Waals surface area contributed by atoms with Gasteiger partial charge in [0, 0.05) is 0 Å². The average Bonchev–Trinajstić information content (AvgIpc) is 2.72. The van der Waals surface area contributed by atoms with Crippen molar-refractivity contribution in [3.05, 3.63) is 41.5 Å². The van der Waals surface area contributed by atoms with Gasteiger partial charge in [0.2, 0.25) is 0 Å². The molecule has 0 atom stereocenters. The third-order valence-corrected chi connectivity index (χ3v) is 5.14. The van der Waals surface area contributed by atoms with Crippen molar-refractivity contribution in [2.24, 2.45) is 5.92 Å². The number of carbonyl (C=O) groups excluding carboxylic acids is 1. The third-order valence-electron chi connectivity index (χ3n) is 5.14. The minimum atomic E-state index is -4.78. The molecule has 1 fully saturated rings. The molecule has 1 saturated carbocycles. The van der Waals surface area contributed by atoms with Gasteiger partial charge in [-0.2, -0.15) is 26.3 Å². The molecule has 31 heavy (non-hydrogen) atoms. The highest BCUT2D eigenvalue weighted by molar-refractivity contribution is 6.06. The number of methoxy groups -OCH3 is 1. The van der Waals surface area contributed by atoms with Crippen LogP contribution in [0.4, 0.5) is 26.3 Å². The molecule has 0 unspecified atom stereocenters. The van der Waals surface area contributed by atoms with E-state index in [1.54, 1.807) is 0 Å². The first-order chi connectivity index (χ1) is 14.5. The number of esters is 1. The van der Waals surface area contributed by atoms with Gasteiger partial charge in [-0.1, -0.05) is 26.0 Å². The molecule has 3 nitrogen and oxygen atoms in total. The molecule has 9 heteroatoms. The molecule has 172 valence electrons. The van der Waals surface area contributed by atoms with E-state index in [1.807, 2.05) is 13.8 Å². The van der Waals surface area contributed by atoms with Crippen molar-refractivity contribution in [1.29, 1.82) is 0 Å². The number of ether oxygens (including phenoxy) is 2. The lowest BCUT2D eigenvalue weighted by Gasteiger charge is -2.31. The van der Waals surface area contributed by atoms with Crippen molar-refractivity contribution in [3.8, 4) is 5.75 Å². The van der Waals surface area contributed by atoms with Gasteiger partial charge in [0.25, 0.3) is 0 Å². The molecule has 0 radical (unpaired) electrons. The number of hydrogen-bond acceptors (Lipinski definition) is 3. The zero-order valence-corrected chi connectivity index (χ0v) is 17.4. The Balaban J connectivity index is 0.00000166. The molecule has 0 saturated heterocycles. The summed E-state index contributed by atoms with van der Waals surface area (Å²) in [5, 5.41) is -0.179. The van der Waals surface area contributed by atoms with Crippen LogP contribution in [-0.4, -0.2) is 25.4 Å². The maximum Gasteiger partial charge on any atom is 0.420 e. The Morgan fingerprint density at radius 1 is 0.903 bits per heavy atom. The topological polar surface area (TPSA) is 35.5 Å². The van der Waals surface area contributed by atoms with Gasteiger partial charge in [-0.05, 0) is 54.7 Å². The number of carbonyl (C=O) groups is 1. The summed E-state index contributed by atoms with van der Waals surface area (Å²) < 4.78 is 90.0. The number of hydrogen-bond donors (Lipinski definition) is 0. The molecule has 0 aliphatic heterocycles. The van der Waals surface area contributed by atoms with Crippen molar-refractivity contribution in [1.82, 2.24) is 0 Å². The van der Waals surface area contributed by atoms with Gasteiger partial charge < -0.3 is 9.47 Å². The zero-order valence-electron chi connectivity index (χ0n) is 17.4.